The molecule has 120 valence electrons. The van der Waals surface area contributed by atoms with Gasteiger partial charge in [-0.2, -0.15) is 0 Å². The summed E-state index contributed by atoms with van der Waals surface area (Å²) in [6.07, 6.45) is 7.73. The van der Waals surface area contributed by atoms with Gasteiger partial charge in [-0.05, 0) is 25.2 Å². The molecule has 0 amide bonds. The van der Waals surface area contributed by atoms with E-state index in [-0.39, 0.29) is 0 Å². The Balaban J connectivity index is 2.67. The summed E-state index contributed by atoms with van der Waals surface area (Å²) in [6, 6.07) is 0. The number of unbranched alkanes of at least 4 members (excludes halogenated alkanes) is 2. The molecule has 0 saturated heterocycles. The third-order valence-electron chi connectivity index (χ3n) is 3.83. The van der Waals surface area contributed by atoms with Gasteiger partial charge in [-0.3, -0.25) is 0 Å². The van der Waals surface area contributed by atoms with Crippen molar-refractivity contribution in [1.82, 2.24) is 9.97 Å². The number of nitrogens with zero attached hydrogens (tertiary/aromatic N) is 2. The van der Waals surface area contributed by atoms with Crippen LogP contribution in [0.25, 0.3) is 0 Å². The molecule has 21 heavy (non-hydrogen) atoms. The molecule has 1 rings (SSSR count). The summed E-state index contributed by atoms with van der Waals surface area (Å²) in [5, 5.41) is 6.85. The lowest BCUT2D eigenvalue weighted by atomic mass is 9.87. The average molecular weight is 292 g/mol. The summed E-state index contributed by atoms with van der Waals surface area (Å²) in [4.78, 5) is 8.77. The lowest BCUT2D eigenvalue weighted by molar-refractivity contribution is 0.342. The van der Waals surface area contributed by atoms with Crippen LogP contribution in [0.1, 0.15) is 65.9 Å². The second-order valence-electron chi connectivity index (χ2n) is 6.41. The van der Waals surface area contributed by atoms with Crippen molar-refractivity contribution in [2.45, 2.75) is 66.7 Å². The van der Waals surface area contributed by atoms with Crippen molar-refractivity contribution in [3.63, 3.8) is 0 Å². The fraction of sp³-hybridized carbons (Fsp3) is 0.765. The van der Waals surface area contributed by atoms with Crippen molar-refractivity contribution in [2.24, 2.45) is 5.41 Å². The summed E-state index contributed by atoms with van der Waals surface area (Å²) in [7, 11) is 0. The largest absolute Gasteiger partial charge is 0.370 e. The van der Waals surface area contributed by atoms with Crippen molar-refractivity contribution in [3.8, 4) is 0 Å². The Bertz CT molecular complexity index is 415. The molecule has 0 radical (unpaired) electrons. The van der Waals surface area contributed by atoms with E-state index >= 15 is 0 Å². The molecule has 2 N–H and O–H groups in total. The second-order valence-corrected chi connectivity index (χ2v) is 6.41. The molecule has 0 fully saturated rings. The Labute approximate surface area is 130 Å². The van der Waals surface area contributed by atoms with Gasteiger partial charge in [-0.1, -0.05) is 47.0 Å². The van der Waals surface area contributed by atoms with Crippen LogP contribution in [0.4, 0.5) is 11.6 Å². The molecule has 0 spiro atoms. The molecular formula is C17H32N4. The first-order valence-corrected chi connectivity index (χ1v) is 8.35. The van der Waals surface area contributed by atoms with Crippen LogP contribution in [0, 0.1) is 5.41 Å². The summed E-state index contributed by atoms with van der Waals surface area (Å²) in [6.45, 7) is 13.0. The van der Waals surface area contributed by atoms with Crippen LogP contribution < -0.4 is 10.6 Å². The highest BCUT2D eigenvalue weighted by Gasteiger charge is 2.18. The molecule has 0 aliphatic carbocycles. The van der Waals surface area contributed by atoms with E-state index in [4.69, 9.17) is 0 Å². The molecule has 0 aliphatic heterocycles. The van der Waals surface area contributed by atoms with Crippen LogP contribution >= 0.6 is 0 Å². The van der Waals surface area contributed by atoms with Crippen molar-refractivity contribution in [1.29, 1.82) is 0 Å². The Morgan fingerprint density at radius 1 is 1.00 bits per heavy atom. The van der Waals surface area contributed by atoms with Gasteiger partial charge in [-0.25, -0.2) is 9.97 Å². The monoisotopic (exact) mass is 292 g/mol. The minimum Gasteiger partial charge on any atom is -0.370 e. The predicted molar refractivity (Wildman–Crippen MR) is 92.0 cm³/mol. The minimum atomic E-state index is 0.295. The van der Waals surface area contributed by atoms with Crippen molar-refractivity contribution >= 4 is 11.6 Å². The fourth-order valence-electron chi connectivity index (χ4n) is 2.48. The van der Waals surface area contributed by atoms with E-state index in [1.54, 1.807) is 6.33 Å². The molecule has 0 bridgehead atoms. The lowest BCUT2D eigenvalue weighted by Gasteiger charge is -2.26. The van der Waals surface area contributed by atoms with Crippen molar-refractivity contribution in [3.05, 3.63) is 11.9 Å². The smallest absolute Gasteiger partial charge is 0.134 e. The minimum absolute atomic E-state index is 0.295. The molecular weight excluding hydrogens is 260 g/mol. The number of anilines is 2. The zero-order chi connectivity index (χ0) is 15.7. The SMILES string of the molecule is CCCCCC(C)(C)CNc1ncnc(NCC)c1CC. The molecule has 0 aliphatic rings. The first kappa shape index (κ1) is 17.7. The first-order valence-electron chi connectivity index (χ1n) is 8.35. The van der Waals surface area contributed by atoms with Crippen LogP contribution in [-0.2, 0) is 6.42 Å². The van der Waals surface area contributed by atoms with Crippen LogP contribution in [0.3, 0.4) is 0 Å². The standard InChI is InChI=1S/C17H32N4/c1-6-9-10-11-17(4,5)12-19-16-14(7-2)15(18-8-3)20-13-21-16/h13H,6-12H2,1-5H3,(H2,18,19,20,21). The number of aromatic nitrogens is 2. The molecule has 1 heterocycles. The van der Waals surface area contributed by atoms with Gasteiger partial charge in [0.05, 0.1) is 0 Å². The van der Waals surface area contributed by atoms with Gasteiger partial charge in [0.1, 0.15) is 18.0 Å². The quantitative estimate of drug-likeness (QED) is 0.624. The van der Waals surface area contributed by atoms with Gasteiger partial charge in [0, 0.05) is 18.7 Å². The third-order valence-corrected chi connectivity index (χ3v) is 3.83. The van der Waals surface area contributed by atoms with E-state index in [0.29, 0.717) is 5.41 Å². The highest BCUT2D eigenvalue weighted by molar-refractivity contribution is 5.57. The summed E-state index contributed by atoms with van der Waals surface area (Å²) < 4.78 is 0. The molecule has 0 aromatic carbocycles. The van der Waals surface area contributed by atoms with Gasteiger partial charge in [0.2, 0.25) is 0 Å². The topological polar surface area (TPSA) is 49.8 Å². The lowest BCUT2D eigenvalue weighted by Crippen LogP contribution is -2.24. The first-order chi connectivity index (χ1) is 10.0. The Morgan fingerprint density at radius 2 is 1.67 bits per heavy atom. The number of nitrogens with one attached hydrogen (secondary N) is 2. The number of rotatable bonds is 10. The van der Waals surface area contributed by atoms with E-state index in [1.165, 1.54) is 31.2 Å². The van der Waals surface area contributed by atoms with Crippen molar-refractivity contribution in [2.75, 3.05) is 23.7 Å². The van der Waals surface area contributed by atoms with E-state index in [9.17, 15) is 0 Å². The average Bonchev–Trinajstić information content (AvgIpc) is 2.46. The maximum absolute atomic E-state index is 4.43. The van der Waals surface area contributed by atoms with Gasteiger partial charge < -0.3 is 10.6 Å². The summed E-state index contributed by atoms with van der Waals surface area (Å²) in [5.74, 6) is 1.94. The second kappa shape index (κ2) is 8.85. The highest BCUT2D eigenvalue weighted by atomic mass is 15.1. The maximum atomic E-state index is 4.43. The maximum Gasteiger partial charge on any atom is 0.134 e. The van der Waals surface area contributed by atoms with Gasteiger partial charge in [0.15, 0.2) is 0 Å². The van der Waals surface area contributed by atoms with Crippen LogP contribution in [0.15, 0.2) is 6.33 Å². The van der Waals surface area contributed by atoms with E-state index < -0.39 is 0 Å². The van der Waals surface area contributed by atoms with E-state index in [2.05, 4.69) is 55.2 Å². The zero-order valence-corrected chi connectivity index (χ0v) is 14.4. The van der Waals surface area contributed by atoms with Crippen LogP contribution in [-0.4, -0.2) is 23.1 Å². The third kappa shape index (κ3) is 5.90. The Hall–Kier alpha value is -1.32. The molecule has 0 atom stereocenters. The summed E-state index contributed by atoms with van der Waals surface area (Å²) >= 11 is 0. The Kier molecular flexibility index (Phi) is 7.48. The molecule has 0 saturated carbocycles. The van der Waals surface area contributed by atoms with Gasteiger partial charge >= 0.3 is 0 Å². The normalized spacial score (nSPS) is 11.5. The summed E-state index contributed by atoms with van der Waals surface area (Å²) in [5.41, 5.74) is 1.48. The van der Waals surface area contributed by atoms with E-state index in [1.807, 2.05) is 0 Å². The van der Waals surface area contributed by atoms with Crippen LogP contribution in [0.5, 0.6) is 0 Å². The molecule has 0 unspecified atom stereocenters. The highest BCUT2D eigenvalue weighted by Crippen LogP contribution is 2.26. The zero-order valence-electron chi connectivity index (χ0n) is 14.4. The molecule has 1 aromatic heterocycles. The Morgan fingerprint density at radius 3 is 2.24 bits per heavy atom. The number of hydrogen-bond donors (Lipinski definition) is 2. The molecule has 4 nitrogen and oxygen atoms in total. The van der Waals surface area contributed by atoms with Crippen LogP contribution in [0.2, 0.25) is 0 Å². The van der Waals surface area contributed by atoms with Gasteiger partial charge in [-0.15, -0.1) is 0 Å². The van der Waals surface area contributed by atoms with Crippen molar-refractivity contribution < 1.29 is 0 Å². The van der Waals surface area contributed by atoms with E-state index in [0.717, 1.165) is 31.1 Å². The number of hydrogen-bond acceptors (Lipinski definition) is 4. The predicted octanol–water partition coefficient (Wildman–Crippen LogP) is 4.49. The molecule has 1 aromatic rings. The molecule has 4 heteroatoms. The van der Waals surface area contributed by atoms with Gasteiger partial charge in [0.25, 0.3) is 0 Å². The fourth-order valence-corrected chi connectivity index (χ4v) is 2.48.